The van der Waals surface area contributed by atoms with E-state index in [0.717, 1.165) is 9.87 Å². The van der Waals surface area contributed by atoms with Crippen molar-refractivity contribution in [3.05, 3.63) is 65.7 Å². The number of benzene rings is 2. The largest absolute Gasteiger partial charge is 0.242 e. The molecule has 0 fully saturated rings. The fourth-order valence-electron chi connectivity index (χ4n) is 2.47. The topological polar surface area (TPSA) is 71.5 Å². The fourth-order valence-corrected chi connectivity index (χ4v) is 4.86. The Balaban J connectivity index is 2.03. The van der Waals surface area contributed by atoms with Crippen LogP contribution in [0, 0.1) is 0 Å². The van der Waals surface area contributed by atoms with Crippen LogP contribution in [0.4, 0.5) is 0 Å². The highest BCUT2D eigenvalue weighted by Crippen LogP contribution is 2.17. The zero-order valence-electron chi connectivity index (χ0n) is 14.4. The molecule has 0 saturated carbocycles. The van der Waals surface area contributed by atoms with Gasteiger partial charge < -0.3 is 0 Å². The van der Waals surface area contributed by atoms with Crippen molar-refractivity contribution in [3.8, 4) is 0 Å². The van der Waals surface area contributed by atoms with Crippen LogP contribution in [-0.4, -0.2) is 41.0 Å². The first-order valence-corrected chi connectivity index (χ1v) is 11.2. The molecule has 0 unspecified atom stereocenters. The van der Waals surface area contributed by atoms with Crippen LogP contribution < -0.4 is 0 Å². The molecule has 2 rings (SSSR count). The lowest BCUT2D eigenvalue weighted by Crippen LogP contribution is -2.22. The Labute approximate surface area is 150 Å². The van der Waals surface area contributed by atoms with Crippen molar-refractivity contribution in [2.75, 3.05) is 19.8 Å². The van der Waals surface area contributed by atoms with Crippen molar-refractivity contribution in [1.82, 2.24) is 4.31 Å². The summed E-state index contributed by atoms with van der Waals surface area (Å²) >= 11 is 0. The molecule has 0 aliphatic rings. The molecule has 0 aliphatic carbocycles. The lowest BCUT2D eigenvalue weighted by molar-refractivity contribution is 0.520. The molecule has 0 bridgehead atoms. The van der Waals surface area contributed by atoms with Gasteiger partial charge in [0.15, 0.2) is 9.84 Å². The zero-order valence-corrected chi connectivity index (χ0v) is 16.1. The molecule has 0 saturated heterocycles. The van der Waals surface area contributed by atoms with E-state index in [0.29, 0.717) is 18.4 Å². The maximum absolute atomic E-state index is 12.3. The first kappa shape index (κ1) is 19.6. The molecule has 0 amide bonds. The average molecular weight is 382 g/mol. The van der Waals surface area contributed by atoms with Gasteiger partial charge in [-0.05, 0) is 36.1 Å². The van der Waals surface area contributed by atoms with Crippen LogP contribution in [0.5, 0.6) is 0 Å². The van der Waals surface area contributed by atoms with Gasteiger partial charge in [0.2, 0.25) is 10.0 Å². The van der Waals surface area contributed by atoms with Crippen LogP contribution in [0.3, 0.4) is 0 Å². The fraction of sp³-hybridized carbons (Fsp3) is 0.333. The molecule has 0 heterocycles. The van der Waals surface area contributed by atoms with Gasteiger partial charge in [0.25, 0.3) is 0 Å². The van der Waals surface area contributed by atoms with E-state index in [4.69, 9.17) is 0 Å². The Morgan fingerprint density at radius 1 is 0.840 bits per heavy atom. The van der Waals surface area contributed by atoms with E-state index in [1.54, 1.807) is 12.1 Å². The van der Waals surface area contributed by atoms with E-state index in [9.17, 15) is 16.8 Å². The van der Waals surface area contributed by atoms with E-state index in [2.05, 4.69) is 0 Å². The molecule has 2 aromatic carbocycles. The second kappa shape index (κ2) is 8.12. The number of hydrogen-bond acceptors (Lipinski definition) is 4. The van der Waals surface area contributed by atoms with Crippen molar-refractivity contribution in [2.24, 2.45) is 0 Å². The van der Waals surface area contributed by atoms with Crippen molar-refractivity contribution in [2.45, 2.75) is 23.5 Å². The van der Waals surface area contributed by atoms with E-state index in [1.807, 2.05) is 30.3 Å². The lowest BCUT2D eigenvalue weighted by Gasteiger charge is -2.12. The number of rotatable bonds is 8. The summed E-state index contributed by atoms with van der Waals surface area (Å²) in [6.07, 6.45) is 1.25. The third kappa shape index (κ3) is 5.66. The Hall–Kier alpha value is -1.70. The summed E-state index contributed by atoms with van der Waals surface area (Å²) in [5.74, 6) is -0.0782. The van der Waals surface area contributed by atoms with E-state index < -0.39 is 19.9 Å². The molecule has 0 spiro atoms. The standard InChI is InChI=1S/C18H23NO4S2/c1-19(2)25(22,23)18-12-6-10-17(14-18)15-24(20,21)13-7-11-16-8-4-3-5-9-16/h3-6,8-10,12,14H,7,11,13,15H2,1-2H3. The van der Waals surface area contributed by atoms with Crippen LogP contribution >= 0.6 is 0 Å². The predicted octanol–water partition coefficient (Wildman–Crippen LogP) is 2.48. The van der Waals surface area contributed by atoms with Crippen molar-refractivity contribution < 1.29 is 16.8 Å². The third-order valence-corrected chi connectivity index (χ3v) is 7.32. The van der Waals surface area contributed by atoms with Gasteiger partial charge in [-0.25, -0.2) is 21.1 Å². The Bertz CT molecular complexity index is 905. The monoisotopic (exact) mass is 381 g/mol. The Morgan fingerprint density at radius 2 is 1.48 bits per heavy atom. The highest BCUT2D eigenvalue weighted by Gasteiger charge is 2.19. The molecule has 5 nitrogen and oxygen atoms in total. The molecule has 25 heavy (non-hydrogen) atoms. The molecular formula is C18H23NO4S2. The van der Waals surface area contributed by atoms with Crippen LogP contribution in [0.1, 0.15) is 17.5 Å². The third-order valence-electron chi connectivity index (χ3n) is 3.83. The lowest BCUT2D eigenvalue weighted by atomic mass is 10.1. The minimum Gasteiger partial charge on any atom is -0.228 e. The van der Waals surface area contributed by atoms with Gasteiger partial charge in [-0.2, -0.15) is 0 Å². The van der Waals surface area contributed by atoms with Gasteiger partial charge >= 0.3 is 0 Å². The molecule has 0 N–H and O–H groups in total. The molecule has 0 aromatic heterocycles. The second-order valence-corrected chi connectivity index (χ2v) is 10.5. The van der Waals surface area contributed by atoms with Crippen LogP contribution in [-0.2, 0) is 32.0 Å². The van der Waals surface area contributed by atoms with E-state index in [-0.39, 0.29) is 16.4 Å². The normalized spacial score (nSPS) is 12.4. The van der Waals surface area contributed by atoms with Crippen LogP contribution in [0.25, 0.3) is 0 Å². The van der Waals surface area contributed by atoms with Gasteiger partial charge in [0.05, 0.1) is 16.4 Å². The second-order valence-electron chi connectivity index (χ2n) is 6.12. The van der Waals surface area contributed by atoms with Gasteiger partial charge in [0, 0.05) is 14.1 Å². The summed E-state index contributed by atoms with van der Waals surface area (Å²) in [7, 11) is -3.97. The van der Waals surface area contributed by atoms with Crippen LogP contribution in [0.2, 0.25) is 0 Å². The highest BCUT2D eigenvalue weighted by atomic mass is 32.2. The van der Waals surface area contributed by atoms with Crippen LogP contribution in [0.15, 0.2) is 59.5 Å². The molecule has 0 radical (unpaired) electrons. The summed E-state index contributed by atoms with van der Waals surface area (Å²) in [5, 5.41) is 0. The summed E-state index contributed by atoms with van der Waals surface area (Å²) in [6.45, 7) is 0. The van der Waals surface area contributed by atoms with Crippen molar-refractivity contribution in [1.29, 1.82) is 0 Å². The number of sulfonamides is 1. The van der Waals surface area contributed by atoms with Gasteiger partial charge in [-0.1, -0.05) is 42.5 Å². The predicted molar refractivity (Wildman–Crippen MR) is 99.6 cm³/mol. The molecule has 2 aromatic rings. The molecular weight excluding hydrogens is 358 g/mol. The number of nitrogens with zero attached hydrogens (tertiary/aromatic N) is 1. The van der Waals surface area contributed by atoms with Gasteiger partial charge in [0.1, 0.15) is 0 Å². The molecule has 7 heteroatoms. The zero-order chi connectivity index (χ0) is 18.5. The highest BCUT2D eigenvalue weighted by molar-refractivity contribution is 7.90. The smallest absolute Gasteiger partial charge is 0.228 e. The minimum atomic E-state index is -3.57. The number of hydrogen-bond donors (Lipinski definition) is 0. The minimum absolute atomic E-state index is 0.0759. The summed E-state index contributed by atoms with van der Waals surface area (Å²) in [4.78, 5) is 0.106. The van der Waals surface area contributed by atoms with Gasteiger partial charge in [-0.3, -0.25) is 0 Å². The Morgan fingerprint density at radius 3 is 2.12 bits per heavy atom. The quantitative estimate of drug-likeness (QED) is 0.704. The summed E-state index contributed by atoms with van der Waals surface area (Å²) < 4.78 is 50.1. The average Bonchev–Trinajstić information content (AvgIpc) is 2.55. The van der Waals surface area contributed by atoms with E-state index >= 15 is 0 Å². The molecule has 136 valence electrons. The maximum atomic E-state index is 12.3. The number of sulfone groups is 1. The maximum Gasteiger partial charge on any atom is 0.242 e. The van der Waals surface area contributed by atoms with E-state index in [1.165, 1.54) is 26.2 Å². The molecule has 0 aliphatic heterocycles. The first-order valence-electron chi connectivity index (χ1n) is 7.96. The molecule has 0 atom stereocenters. The summed E-state index contributed by atoms with van der Waals surface area (Å²) in [5.41, 5.74) is 1.60. The van der Waals surface area contributed by atoms with Gasteiger partial charge in [-0.15, -0.1) is 0 Å². The summed E-state index contributed by atoms with van der Waals surface area (Å²) in [6, 6.07) is 15.9. The first-order chi connectivity index (χ1) is 11.7. The van der Waals surface area contributed by atoms with Crippen molar-refractivity contribution in [3.63, 3.8) is 0 Å². The SMILES string of the molecule is CN(C)S(=O)(=O)c1cccc(CS(=O)(=O)CCCc2ccccc2)c1. The number of aryl methyl sites for hydroxylation is 1. The Kier molecular flexibility index (Phi) is 6.37. The van der Waals surface area contributed by atoms with Crippen molar-refractivity contribution >= 4 is 19.9 Å².